The van der Waals surface area contributed by atoms with E-state index in [1.54, 1.807) is 11.8 Å². The molecule has 8 nitrogen and oxygen atoms in total. The van der Waals surface area contributed by atoms with Crippen molar-refractivity contribution in [3.63, 3.8) is 0 Å². The van der Waals surface area contributed by atoms with Crippen LogP contribution in [0.2, 0.25) is 16.6 Å². The molecule has 3 fully saturated rings. The van der Waals surface area contributed by atoms with Crippen LogP contribution in [0.5, 0.6) is 11.8 Å². The molecule has 0 amide bonds. The lowest BCUT2D eigenvalue weighted by Crippen LogP contribution is -2.46. The maximum absolute atomic E-state index is 17.5. The van der Waals surface area contributed by atoms with Crippen LogP contribution in [0.25, 0.3) is 32.8 Å². The summed E-state index contributed by atoms with van der Waals surface area (Å²) < 4.78 is 71.2. The number of anilines is 1. The summed E-state index contributed by atoms with van der Waals surface area (Å²) in [5.41, 5.74) is 1.58. The number of piperidine rings is 1. The Morgan fingerprint density at radius 1 is 1.00 bits per heavy atom. The van der Waals surface area contributed by atoms with E-state index in [4.69, 9.17) is 4.74 Å². The summed E-state index contributed by atoms with van der Waals surface area (Å²) in [6.07, 6.45) is 1.75. The molecule has 3 aromatic carbocycles. The SMILES string of the molecule is CC(C)[Si](C#Cc1c(F)ccc2cc(O)cc(-c3c(F)cc4c(N5CCCC(C)(C(=O)O)C5)nc(OC[C@@]56CCCN5C[C@H](F)C6)nc4c3F)c12)(C(C)C)C(C)C. The molecule has 304 valence electrons. The molecule has 3 aliphatic rings. The lowest BCUT2D eigenvalue weighted by atomic mass is 9.82. The van der Waals surface area contributed by atoms with E-state index < -0.39 is 54.2 Å². The second-order valence-electron chi connectivity index (χ2n) is 17.7. The number of phenolic OH excluding ortho intramolecular Hbond substituents is 1. The van der Waals surface area contributed by atoms with E-state index in [1.165, 1.54) is 24.3 Å². The molecule has 7 rings (SSSR count). The van der Waals surface area contributed by atoms with E-state index in [2.05, 4.69) is 67.9 Å². The first-order valence-corrected chi connectivity index (χ1v) is 22.3. The highest BCUT2D eigenvalue weighted by molar-refractivity contribution is 6.90. The molecule has 4 aromatic rings. The van der Waals surface area contributed by atoms with Crippen LogP contribution >= 0.6 is 0 Å². The van der Waals surface area contributed by atoms with Crippen LogP contribution in [0.15, 0.2) is 30.3 Å². The average Bonchev–Trinajstić information content (AvgIpc) is 3.66. The minimum atomic E-state index is -2.38. The van der Waals surface area contributed by atoms with Gasteiger partial charge in [0.25, 0.3) is 0 Å². The number of hydrogen-bond donors (Lipinski definition) is 2. The van der Waals surface area contributed by atoms with Gasteiger partial charge in [-0.2, -0.15) is 9.97 Å². The summed E-state index contributed by atoms with van der Waals surface area (Å²) in [7, 11) is -2.38. The summed E-state index contributed by atoms with van der Waals surface area (Å²) in [4.78, 5) is 25.3. The van der Waals surface area contributed by atoms with Gasteiger partial charge in [-0.15, -0.1) is 5.54 Å². The standard InChI is InChI=1S/C44H52F4N4O4Si/c1-25(2)57(26(3)4,27(5)6)17-12-31-34(46)11-10-28-18-30(53)19-32(36(28)31)37-35(47)20-33-39(38(37)48)49-42(56-24-44-14-9-16-52(44)22-29(45)21-44)50-40(33)51-15-8-13-43(7,23-51)41(54)55/h10-11,18-20,25-27,29,53H,8-9,13-16,21-24H2,1-7H3,(H,54,55)/t29-,43?,44+/m1/s1. The topological polar surface area (TPSA) is 99.0 Å². The number of carbonyl (C=O) groups is 1. The third-order valence-corrected chi connectivity index (χ3v) is 19.5. The molecule has 0 radical (unpaired) electrons. The molecule has 0 spiro atoms. The highest BCUT2D eigenvalue weighted by Crippen LogP contribution is 2.45. The van der Waals surface area contributed by atoms with Gasteiger partial charge in [-0.05, 0) is 85.4 Å². The molecule has 1 aromatic heterocycles. The van der Waals surface area contributed by atoms with Crippen molar-refractivity contribution < 1.29 is 37.3 Å². The molecule has 2 N–H and O–H groups in total. The number of halogens is 4. The molecule has 3 aliphatic heterocycles. The molecule has 1 unspecified atom stereocenters. The van der Waals surface area contributed by atoms with Crippen LogP contribution in [0.1, 0.15) is 86.1 Å². The van der Waals surface area contributed by atoms with E-state index in [9.17, 15) is 19.4 Å². The smallest absolute Gasteiger partial charge is 0.319 e. The van der Waals surface area contributed by atoms with Crippen molar-refractivity contribution in [3.05, 3.63) is 53.3 Å². The number of nitrogens with zero attached hydrogens (tertiary/aromatic N) is 4. The zero-order valence-corrected chi connectivity index (χ0v) is 34.8. The maximum atomic E-state index is 17.5. The number of rotatable bonds is 9. The first-order valence-electron chi connectivity index (χ1n) is 20.1. The predicted octanol–water partition coefficient (Wildman–Crippen LogP) is 9.79. The minimum Gasteiger partial charge on any atom is -0.508 e. The number of phenols is 1. The Hall–Kier alpha value is -4.41. The number of benzene rings is 3. The molecule has 13 heteroatoms. The van der Waals surface area contributed by atoms with Crippen LogP contribution in [-0.4, -0.2) is 83.6 Å². The highest BCUT2D eigenvalue weighted by atomic mass is 28.3. The molecule has 3 saturated heterocycles. The van der Waals surface area contributed by atoms with Crippen LogP contribution in [0, 0.1) is 34.3 Å². The summed E-state index contributed by atoms with van der Waals surface area (Å²) in [6, 6.07) is 6.22. The van der Waals surface area contributed by atoms with Crippen molar-refractivity contribution in [1.82, 2.24) is 14.9 Å². The first kappa shape index (κ1) is 40.8. The molecular formula is C44H52F4N4O4Si. The largest absolute Gasteiger partial charge is 0.508 e. The summed E-state index contributed by atoms with van der Waals surface area (Å²) in [5.74, 6) is -0.763. The minimum absolute atomic E-state index is 0.00155. The Bertz CT molecular complexity index is 2290. The zero-order chi connectivity index (χ0) is 41.2. The molecule has 0 saturated carbocycles. The Balaban J connectivity index is 1.44. The fraction of sp³-hybridized carbons (Fsp3) is 0.523. The van der Waals surface area contributed by atoms with E-state index in [1.807, 2.05) is 0 Å². The van der Waals surface area contributed by atoms with Crippen molar-refractivity contribution in [2.75, 3.05) is 37.7 Å². The number of fused-ring (bicyclic) bond motifs is 3. The monoisotopic (exact) mass is 804 g/mol. The zero-order valence-electron chi connectivity index (χ0n) is 33.8. The van der Waals surface area contributed by atoms with Crippen molar-refractivity contribution >= 4 is 41.5 Å². The van der Waals surface area contributed by atoms with Crippen molar-refractivity contribution in [1.29, 1.82) is 0 Å². The van der Waals surface area contributed by atoms with E-state index >= 15 is 13.2 Å². The van der Waals surface area contributed by atoms with Gasteiger partial charge in [0.2, 0.25) is 0 Å². The van der Waals surface area contributed by atoms with E-state index in [-0.39, 0.29) is 81.2 Å². The number of alkyl halides is 1. The molecule has 4 heterocycles. The van der Waals surface area contributed by atoms with Gasteiger partial charge in [0.15, 0.2) is 5.82 Å². The Labute approximate surface area is 332 Å². The van der Waals surface area contributed by atoms with Gasteiger partial charge in [0.1, 0.15) is 49.6 Å². The Morgan fingerprint density at radius 2 is 1.70 bits per heavy atom. The van der Waals surface area contributed by atoms with Crippen LogP contribution in [0.3, 0.4) is 0 Å². The lowest BCUT2D eigenvalue weighted by molar-refractivity contribution is -0.148. The summed E-state index contributed by atoms with van der Waals surface area (Å²) >= 11 is 0. The molecule has 3 atom stereocenters. The van der Waals surface area contributed by atoms with Gasteiger partial charge >= 0.3 is 12.0 Å². The number of carboxylic acids is 1. The van der Waals surface area contributed by atoms with Crippen molar-refractivity contribution in [2.24, 2.45) is 5.41 Å². The Morgan fingerprint density at radius 3 is 2.39 bits per heavy atom. The fourth-order valence-corrected chi connectivity index (χ4v) is 15.5. The van der Waals surface area contributed by atoms with Crippen LogP contribution < -0.4 is 9.64 Å². The molecule has 0 bridgehead atoms. The van der Waals surface area contributed by atoms with Gasteiger partial charge < -0.3 is 19.8 Å². The number of hydrogen-bond acceptors (Lipinski definition) is 7. The third-order valence-electron chi connectivity index (χ3n) is 13.2. The summed E-state index contributed by atoms with van der Waals surface area (Å²) in [5, 5.41) is 21.5. The predicted molar refractivity (Wildman–Crippen MR) is 218 cm³/mol. The van der Waals surface area contributed by atoms with Crippen LogP contribution in [-0.2, 0) is 4.79 Å². The number of carboxylic acid groups (broad SMARTS) is 1. The third kappa shape index (κ3) is 7.00. The van der Waals surface area contributed by atoms with Gasteiger partial charge in [-0.25, -0.2) is 17.6 Å². The normalized spacial score (nSPS) is 22.8. The van der Waals surface area contributed by atoms with Gasteiger partial charge in [0.05, 0.1) is 22.1 Å². The summed E-state index contributed by atoms with van der Waals surface area (Å²) in [6.45, 7) is 15.9. The quantitative estimate of drug-likeness (QED) is 0.0981. The number of aromatic nitrogens is 2. The second-order valence-corrected chi connectivity index (χ2v) is 23.3. The first-order chi connectivity index (χ1) is 26.9. The fourth-order valence-electron chi connectivity index (χ4n) is 10.3. The van der Waals surface area contributed by atoms with Crippen molar-refractivity contribution in [2.45, 2.75) is 109 Å². The number of ether oxygens (including phenoxy) is 1. The second kappa shape index (κ2) is 15.1. The van der Waals surface area contributed by atoms with Crippen molar-refractivity contribution in [3.8, 4) is 34.4 Å². The molecule has 57 heavy (non-hydrogen) atoms. The molecule has 0 aliphatic carbocycles. The highest BCUT2D eigenvalue weighted by Gasteiger charge is 2.49. The van der Waals surface area contributed by atoms with Gasteiger partial charge in [0, 0.05) is 42.4 Å². The van der Waals surface area contributed by atoms with E-state index in [0.29, 0.717) is 37.7 Å². The lowest BCUT2D eigenvalue weighted by Gasteiger charge is -2.38. The molecular weight excluding hydrogens is 753 g/mol. The van der Waals surface area contributed by atoms with E-state index in [0.717, 1.165) is 19.0 Å². The maximum Gasteiger partial charge on any atom is 0.319 e. The van der Waals surface area contributed by atoms with Crippen LogP contribution in [0.4, 0.5) is 23.4 Å². The van der Waals surface area contributed by atoms with Gasteiger partial charge in [-0.3, -0.25) is 9.69 Å². The number of aliphatic carboxylic acids is 1. The number of aromatic hydroxyl groups is 1. The average molecular weight is 805 g/mol. The Kier molecular flexibility index (Phi) is 10.8. The van der Waals surface area contributed by atoms with Gasteiger partial charge in [-0.1, -0.05) is 53.5 Å².